The van der Waals surface area contributed by atoms with Crippen molar-refractivity contribution in [2.75, 3.05) is 19.8 Å². The van der Waals surface area contributed by atoms with E-state index in [-0.39, 0.29) is 28.5 Å². The Morgan fingerprint density at radius 1 is 1.55 bits per heavy atom. The van der Waals surface area contributed by atoms with Gasteiger partial charge in [0, 0.05) is 22.6 Å². The minimum Gasteiger partial charge on any atom is -0.374 e. The highest BCUT2D eigenvalue weighted by Gasteiger charge is 2.21. The fourth-order valence-corrected chi connectivity index (χ4v) is 3.92. The van der Waals surface area contributed by atoms with E-state index < -0.39 is 28.0 Å². The van der Waals surface area contributed by atoms with Crippen LogP contribution in [0.2, 0.25) is 0 Å². The minimum absolute atomic E-state index is 0.0454. The number of hydrogen-bond acceptors (Lipinski definition) is 5. The van der Waals surface area contributed by atoms with Crippen molar-refractivity contribution < 1.29 is 26.7 Å². The molecule has 0 aliphatic carbocycles. The molecular weight excluding hydrogens is 336 g/mol. The lowest BCUT2D eigenvalue weighted by molar-refractivity contribution is 0.0188. The average Bonchev–Trinajstić information content (AvgIpc) is 2.69. The van der Waals surface area contributed by atoms with Crippen molar-refractivity contribution in [2.45, 2.75) is 17.6 Å². The number of carbonyl (C=O) groups excluding carboxylic acids is 1. The molecule has 0 aromatic carbocycles. The zero-order valence-corrected chi connectivity index (χ0v) is 12.7. The van der Waals surface area contributed by atoms with Gasteiger partial charge in [-0.3, -0.25) is 4.79 Å². The maximum absolute atomic E-state index is 11.8. The van der Waals surface area contributed by atoms with Crippen LogP contribution in [0.1, 0.15) is 15.9 Å². The van der Waals surface area contributed by atoms with E-state index in [0.29, 0.717) is 0 Å². The molecule has 0 spiro atoms. The molecule has 0 bridgehead atoms. The predicted molar refractivity (Wildman–Crippen MR) is 71.3 cm³/mol. The van der Waals surface area contributed by atoms with Crippen LogP contribution in [0.4, 0.5) is 8.78 Å². The molecule has 1 N–H and O–H groups in total. The molecule has 0 fully saturated rings. The maximum Gasteiger partial charge on any atom is 0.271 e. The lowest BCUT2D eigenvalue weighted by Crippen LogP contribution is -2.28. The average molecular weight is 348 g/mol. The summed E-state index contributed by atoms with van der Waals surface area (Å²) in [4.78, 5) is 11.8. The monoisotopic (exact) mass is 347 g/mol. The van der Waals surface area contributed by atoms with Crippen LogP contribution < -0.4 is 5.32 Å². The zero-order chi connectivity index (χ0) is 15.3. The molecule has 1 rings (SSSR count). The van der Waals surface area contributed by atoms with Crippen LogP contribution in [0.3, 0.4) is 0 Å². The van der Waals surface area contributed by atoms with Crippen LogP contribution in [-0.4, -0.2) is 40.5 Å². The molecule has 0 saturated carbocycles. The molecule has 0 saturated heterocycles. The van der Waals surface area contributed by atoms with Gasteiger partial charge in [0.1, 0.15) is 10.8 Å². The predicted octanol–water partition coefficient (Wildman–Crippen LogP) is 2.00. The van der Waals surface area contributed by atoms with Crippen LogP contribution in [0, 0.1) is 6.92 Å². The van der Waals surface area contributed by atoms with Crippen LogP contribution >= 0.6 is 22.0 Å². The van der Waals surface area contributed by atoms with Crippen molar-refractivity contribution in [3.8, 4) is 0 Å². The molecule has 0 radical (unpaired) electrons. The van der Waals surface area contributed by atoms with E-state index in [1.807, 2.05) is 0 Å². The largest absolute Gasteiger partial charge is 0.374 e. The Kier molecular flexibility index (Phi) is 6.31. The molecule has 0 aliphatic heterocycles. The second kappa shape index (κ2) is 7.30. The van der Waals surface area contributed by atoms with Crippen LogP contribution in [0.5, 0.6) is 0 Å². The molecular formula is C10H12ClF2NO4S2. The highest BCUT2D eigenvalue weighted by molar-refractivity contribution is 8.15. The second-order valence-corrected chi connectivity index (χ2v) is 7.36. The van der Waals surface area contributed by atoms with Crippen molar-refractivity contribution in [1.82, 2.24) is 5.32 Å². The normalized spacial score (nSPS) is 11.8. The van der Waals surface area contributed by atoms with Crippen LogP contribution in [0.15, 0.2) is 9.59 Å². The van der Waals surface area contributed by atoms with Gasteiger partial charge in [0.15, 0.2) is 0 Å². The fourth-order valence-electron chi connectivity index (χ4n) is 1.37. The minimum atomic E-state index is -3.88. The van der Waals surface area contributed by atoms with Crippen molar-refractivity contribution >= 4 is 37.0 Å². The van der Waals surface area contributed by atoms with E-state index in [1.54, 1.807) is 0 Å². The summed E-state index contributed by atoms with van der Waals surface area (Å²) >= 11 is 0.848. The summed E-state index contributed by atoms with van der Waals surface area (Å²) in [6, 6.07) is 0. The lowest BCUT2D eigenvalue weighted by Gasteiger charge is -2.06. The Labute approximate surface area is 123 Å². The molecule has 20 heavy (non-hydrogen) atoms. The van der Waals surface area contributed by atoms with E-state index in [2.05, 4.69) is 10.1 Å². The van der Waals surface area contributed by atoms with Crippen molar-refractivity contribution in [3.63, 3.8) is 0 Å². The SMILES string of the molecule is Cc1c(C(=O)NCCOCC(F)F)csc1S(=O)(=O)Cl. The van der Waals surface area contributed by atoms with Gasteiger partial charge >= 0.3 is 0 Å². The Bertz CT molecular complexity index is 574. The van der Waals surface area contributed by atoms with Gasteiger partial charge in [0.2, 0.25) is 0 Å². The van der Waals surface area contributed by atoms with Crippen LogP contribution in [-0.2, 0) is 13.8 Å². The number of thiophene rings is 1. The fraction of sp³-hybridized carbons (Fsp3) is 0.500. The summed E-state index contributed by atoms with van der Waals surface area (Å²) in [6.45, 7) is 0.764. The standard InChI is InChI=1S/C10H12ClF2NO4S2/c1-6-7(5-19-10(6)20(11,16)17)9(15)14-2-3-18-4-8(12)13/h5,8H,2-4H2,1H3,(H,14,15). The van der Waals surface area contributed by atoms with Gasteiger partial charge in [0.05, 0.1) is 12.2 Å². The number of nitrogens with one attached hydrogen (secondary N) is 1. The van der Waals surface area contributed by atoms with E-state index in [4.69, 9.17) is 10.7 Å². The van der Waals surface area contributed by atoms with Gasteiger partial charge in [-0.2, -0.15) is 0 Å². The first-order valence-electron chi connectivity index (χ1n) is 5.40. The first kappa shape index (κ1) is 17.3. The molecule has 1 aromatic rings. The first-order valence-corrected chi connectivity index (χ1v) is 8.59. The highest BCUT2D eigenvalue weighted by Crippen LogP contribution is 2.29. The number of amides is 1. The maximum atomic E-state index is 11.8. The third kappa shape index (κ3) is 4.97. The van der Waals surface area contributed by atoms with Gasteiger partial charge in [-0.1, -0.05) is 0 Å². The van der Waals surface area contributed by atoms with Crippen molar-refractivity contribution in [2.24, 2.45) is 0 Å². The molecule has 1 aromatic heterocycles. The number of rotatable bonds is 7. The Balaban J connectivity index is 2.55. The van der Waals surface area contributed by atoms with Gasteiger partial charge in [-0.15, -0.1) is 11.3 Å². The van der Waals surface area contributed by atoms with E-state index in [9.17, 15) is 22.0 Å². The van der Waals surface area contributed by atoms with Crippen molar-refractivity contribution in [1.29, 1.82) is 0 Å². The highest BCUT2D eigenvalue weighted by atomic mass is 35.7. The van der Waals surface area contributed by atoms with Gasteiger partial charge in [-0.25, -0.2) is 17.2 Å². The van der Waals surface area contributed by atoms with Gasteiger partial charge in [-0.05, 0) is 12.5 Å². The molecule has 10 heteroatoms. The van der Waals surface area contributed by atoms with E-state index >= 15 is 0 Å². The lowest BCUT2D eigenvalue weighted by atomic mass is 10.2. The molecule has 0 atom stereocenters. The molecule has 0 unspecified atom stereocenters. The van der Waals surface area contributed by atoms with Gasteiger partial charge < -0.3 is 10.1 Å². The molecule has 1 heterocycles. The quantitative estimate of drug-likeness (QED) is 0.605. The zero-order valence-electron chi connectivity index (χ0n) is 10.4. The number of ether oxygens (including phenoxy) is 1. The summed E-state index contributed by atoms with van der Waals surface area (Å²) in [5.74, 6) is -0.508. The third-order valence-electron chi connectivity index (χ3n) is 2.24. The van der Waals surface area contributed by atoms with Crippen molar-refractivity contribution in [3.05, 3.63) is 16.5 Å². The number of halogens is 3. The molecule has 1 amide bonds. The van der Waals surface area contributed by atoms with Gasteiger partial charge in [0.25, 0.3) is 21.4 Å². The smallest absolute Gasteiger partial charge is 0.271 e. The molecule has 114 valence electrons. The van der Waals surface area contributed by atoms with E-state index in [1.165, 1.54) is 12.3 Å². The topological polar surface area (TPSA) is 72.5 Å². The van der Waals surface area contributed by atoms with E-state index in [0.717, 1.165) is 11.3 Å². The Morgan fingerprint density at radius 3 is 2.70 bits per heavy atom. The van der Waals surface area contributed by atoms with Crippen LogP contribution in [0.25, 0.3) is 0 Å². The second-order valence-electron chi connectivity index (χ2n) is 3.72. The molecule has 5 nitrogen and oxygen atoms in total. The summed E-state index contributed by atoms with van der Waals surface area (Å²) in [5.41, 5.74) is 0.444. The first-order chi connectivity index (χ1) is 9.23. The summed E-state index contributed by atoms with van der Waals surface area (Å²) < 4.78 is 50.5. The number of alkyl halides is 2. The number of hydrogen-bond donors (Lipinski definition) is 1. The molecule has 0 aliphatic rings. The Hall–Kier alpha value is -0.770. The third-order valence-corrected chi connectivity index (χ3v) is 5.54. The summed E-state index contributed by atoms with van der Waals surface area (Å²) in [6.07, 6.45) is -2.55. The summed E-state index contributed by atoms with van der Waals surface area (Å²) in [5, 5.41) is 3.81. The number of carbonyl (C=O) groups is 1. The Morgan fingerprint density at radius 2 is 2.20 bits per heavy atom. The summed E-state index contributed by atoms with van der Waals surface area (Å²) in [7, 11) is 1.33.